The van der Waals surface area contributed by atoms with Gasteiger partial charge in [-0.15, -0.1) is 12.4 Å². The van der Waals surface area contributed by atoms with Gasteiger partial charge in [0.05, 0.1) is 0 Å². The molecule has 3 unspecified atom stereocenters. The molecule has 2 N–H and O–H groups in total. The Morgan fingerprint density at radius 2 is 1.85 bits per heavy atom. The molecule has 1 heterocycles. The number of piperidine rings is 1. The van der Waals surface area contributed by atoms with Gasteiger partial charge in [-0.2, -0.15) is 0 Å². The first-order valence-corrected chi connectivity index (χ1v) is 8.15. The summed E-state index contributed by atoms with van der Waals surface area (Å²) >= 11 is 0. The predicted molar refractivity (Wildman–Crippen MR) is 86.2 cm³/mol. The van der Waals surface area contributed by atoms with E-state index in [1.165, 1.54) is 32.1 Å². The van der Waals surface area contributed by atoms with E-state index in [-0.39, 0.29) is 18.3 Å². The number of carbonyl (C=O) groups is 1. The highest BCUT2D eigenvalue weighted by Crippen LogP contribution is 2.28. The molecule has 2 fully saturated rings. The number of hydrogen-bond acceptors (Lipinski definition) is 2. The average Bonchev–Trinajstić information content (AvgIpc) is 2.41. The van der Waals surface area contributed by atoms with Crippen LogP contribution in [0.1, 0.15) is 58.8 Å². The molecule has 0 aromatic rings. The third kappa shape index (κ3) is 5.61. The first-order valence-electron chi connectivity index (χ1n) is 8.15. The quantitative estimate of drug-likeness (QED) is 0.838. The molecule has 20 heavy (non-hydrogen) atoms. The fourth-order valence-electron chi connectivity index (χ4n) is 3.66. The minimum atomic E-state index is 0. The lowest BCUT2D eigenvalue weighted by Crippen LogP contribution is -2.42. The first kappa shape index (κ1) is 17.8. The maximum atomic E-state index is 12.1. The number of hydrogen-bond donors (Lipinski definition) is 2. The van der Waals surface area contributed by atoms with E-state index in [2.05, 4.69) is 24.5 Å². The Bertz CT molecular complexity index is 292. The molecular weight excluding hydrogens is 272 g/mol. The zero-order valence-corrected chi connectivity index (χ0v) is 13.8. The van der Waals surface area contributed by atoms with Gasteiger partial charge in [-0.3, -0.25) is 4.79 Å². The van der Waals surface area contributed by atoms with Crippen molar-refractivity contribution in [3.8, 4) is 0 Å². The Hall–Kier alpha value is -0.280. The molecule has 0 bridgehead atoms. The Balaban J connectivity index is 0.00000200. The summed E-state index contributed by atoms with van der Waals surface area (Å²) in [6.07, 6.45) is 7.98. The van der Waals surface area contributed by atoms with Crippen molar-refractivity contribution >= 4 is 18.3 Å². The lowest BCUT2D eigenvalue weighted by Gasteiger charge is -2.33. The number of halogens is 1. The molecule has 1 aliphatic heterocycles. The van der Waals surface area contributed by atoms with Crippen molar-refractivity contribution in [3.63, 3.8) is 0 Å². The highest BCUT2D eigenvalue weighted by Gasteiger charge is 2.26. The topological polar surface area (TPSA) is 41.1 Å². The van der Waals surface area contributed by atoms with Gasteiger partial charge in [0, 0.05) is 12.5 Å². The maximum Gasteiger partial charge on any atom is 0.220 e. The van der Waals surface area contributed by atoms with Gasteiger partial charge < -0.3 is 10.6 Å². The lowest BCUT2D eigenvalue weighted by atomic mass is 9.80. The second-order valence-corrected chi connectivity index (χ2v) is 6.80. The van der Waals surface area contributed by atoms with E-state index in [1.54, 1.807) is 0 Å². The van der Waals surface area contributed by atoms with Crippen LogP contribution in [0.15, 0.2) is 0 Å². The molecule has 1 saturated heterocycles. The number of nitrogens with one attached hydrogen (secondary N) is 2. The summed E-state index contributed by atoms with van der Waals surface area (Å²) in [7, 11) is 0. The van der Waals surface area contributed by atoms with Crippen molar-refractivity contribution < 1.29 is 4.79 Å². The summed E-state index contributed by atoms with van der Waals surface area (Å²) in [6.45, 7) is 6.87. The highest BCUT2D eigenvalue weighted by atomic mass is 35.5. The van der Waals surface area contributed by atoms with Crippen LogP contribution in [0.2, 0.25) is 0 Å². The highest BCUT2D eigenvalue weighted by molar-refractivity contribution is 5.85. The fourth-order valence-corrected chi connectivity index (χ4v) is 3.66. The monoisotopic (exact) mass is 302 g/mol. The van der Waals surface area contributed by atoms with Crippen LogP contribution in [0, 0.1) is 17.8 Å². The first-order chi connectivity index (χ1) is 9.15. The van der Waals surface area contributed by atoms with Crippen molar-refractivity contribution in [1.82, 2.24) is 10.6 Å². The number of carbonyl (C=O) groups excluding carboxylic acids is 1. The van der Waals surface area contributed by atoms with Gasteiger partial charge in [0.15, 0.2) is 0 Å². The smallest absolute Gasteiger partial charge is 0.220 e. The van der Waals surface area contributed by atoms with Crippen molar-refractivity contribution in [1.29, 1.82) is 0 Å². The van der Waals surface area contributed by atoms with Gasteiger partial charge in [-0.05, 0) is 69.4 Å². The third-order valence-electron chi connectivity index (χ3n) is 5.02. The lowest BCUT2D eigenvalue weighted by molar-refractivity contribution is -0.122. The molecule has 0 radical (unpaired) electrons. The van der Waals surface area contributed by atoms with E-state index in [0.717, 1.165) is 37.8 Å². The van der Waals surface area contributed by atoms with Gasteiger partial charge in [0.1, 0.15) is 0 Å². The predicted octanol–water partition coefficient (Wildman–Crippen LogP) is 3.13. The summed E-state index contributed by atoms with van der Waals surface area (Å²) in [5.41, 5.74) is 0. The van der Waals surface area contributed by atoms with Gasteiger partial charge in [-0.1, -0.05) is 13.8 Å². The Morgan fingerprint density at radius 3 is 2.50 bits per heavy atom. The zero-order chi connectivity index (χ0) is 13.7. The Kier molecular flexibility index (Phi) is 7.90. The average molecular weight is 303 g/mol. The van der Waals surface area contributed by atoms with E-state index in [4.69, 9.17) is 0 Å². The van der Waals surface area contributed by atoms with Crippen LogP contribution in [0.5, 0.6) is 0 Å². The van der Waals surface area contributed by atoms with Crippen LogP contribution in [0.3, 0.4) is 0 Å². The summed E-state index contributed by atoms with van der Waals surface area (Å²) in [5, 5.41) is 6.65. The van der Waals surface area contributed by atoms with E-state index in [1.807, 2.05) is 0 Å². The van der Waals surface area contributed by atoms with Crippen LogP contribution in [-0.4, -0.2) is 25.0 Å². The van der Waals surface area contributed by atoms with Gasteiger partial charge in [-0.25, -0.2) is 0 Å². The zero-order valence-electron chi connectivity index (χ0n) is 13.0. The van der Waals surface area contributed by atoms with E-state index >= 15 is 0 Å². The fraction of sp³-hybridized carbons (Fsp3) is 0.938. The molecule has 2 aliphatic rings. The van der Waals surface area contributed by atoms with Crippen molar-refractivity contribution in [2.75, 3.05) is 13.1 Å². The van der Waals surface area contributed by atoms with Crippen LogP contribution < -0.4 is 10.6 Å². The molecule has 4 heteroatoms. The van der Waals surface area contributed by atoms with Crippen LogP contribution in [0.25, 0.3) is 0 Å². The molecule has 1 amide bonds. The number of amides is 1. The molecule has 0 aromatic heterocycles. The van der Waals surface area contributed by atoms with Crippen LogP contribution in [0.4, 0.5) is 0 Å². The van der Waals surface area contributed by atoms with E-state index in [0.29, 0.717) is 12.0 Å². The molecule has 3 atom stereocenters. The summed E-state index contributed by atoms with van der Waals surface area (Å²) in [4.78, 5) is 12.1. The molecule has 0 spiro atoms. The normalized spacial score (nSPS) is 31.4. The molecule has 118 valence electrons. The molecule has 1 aliphatic carbocycles. The van der Waals surface area contributed by atoms with Crippen molar-refractivity contribution in [2.45, 2.75) is 64.8 Å². The molecular formula is C16H31ClN2O. The minimum Gasteiger partial charge on any atom is -0.353 e. The second-order valence-electron chi connectivity index (χ2n) is 6.80. The van der Waals surface area contributed by atoms with E-state index in [9.17, 15) is 4.79 Å². The van der Waals surface area contributed by atoms with Crippen molar-refractivity contribution in [3.05, 3.63) is 0 Å². The largest absolute Gasteiger partial charge is 0.353 e. The van der Waals surface area contributed by atoms with Crippen molar-refractivity contribution in [2.24, 2.45) is 17.8 Å². The second kappa shape index (κ2) is 8.89. The van der Waals surface area contributed by atoms with Gasteiger partial charge >= 0.3 is 0 Å². The third-order valence-corrected chi connectivity index (χ3v) is 5.02. The minimum absolute atomic E-state index is 0. The molecule has 2 rings (SSSR count). The number of rotatable bonds is 4. The molecule has 3 nitrogen and oxygen atoms in total. The summed E-state index contributed by atoms with van der Waals surface area (Å²) in [6, 6.07) is 0.428. The van der Waals surface area contributed by atoms with Gasteiger partial charge in [0.2, 0.25) is 5.91 Å². The standard InChI is InChI=1S/C16H30N2O.ClH/c1-12-3-5-15(13(2)11-12)18-16(19)6-4-14-7-9-17-10-8-14;/h12-15,17H,3-11H2,1-2H3,(H,18,19);1H. The molecule has 1 saturated carbocycles. The van der Waals surface area contributed by atoms with Crippen LogP contribution in [-0.2, 0) is 4.79 Å². The van der Waals surface area contributed by atoms with Crippen LogP contribution >= 0.6 is 12.4 Å². The van der Waals surface area contributed by atoms with E-state index < -0.39 is 0 Å². The summed E-state index contributed by atoms with van der Waals surface area (Å²) in [5.74, 6) is 2.52. The maximum absolute atomic E-state index is 12.1. The Labute approximate surface area is 130 Å². The SMILES string of the molecule is CC1CCC(NC(=O)CCC2CCNCC2)C(C)C1.Cl. The summed E-state index contributed by atoms with van der Waals surface area (Å²) < 4.78 is 0. The Morgan fingerprint density at radius 1 is 1.15 bits per heavy atom. The van der Waals surface area contributed by atoms with Gasteiger partial charge in [0.25, 0.3) is 0 Å². The molecule has 0 aromatic carbocycles.